The highest BCUT2D eigenvalue weighted by Gasteiger charge is 2.34. The van der Waals surface area contributed by atoms with Gasteiger partial charge in [-0.15, -0.1) is 0 Å². The summed E-state index contributed by atoms with van der Waals surface area (Å²) >= 11 is 0. The number of rotatable bonds is 3. The Bertz CT molecular complexity index is 438. The molecule has 118 valence electrons. The number of esters is 1. The van der Waals surface area contributed by atoms with Gasteiger partial charge in [-0.05, 0) is 33.6 Å². The Morgan fingerprint density at radius 1 is 1.43 bits per heavy atom. The van der Waals surface area contributed by atoms with Crippen molar-refractivity contribution in [3.8, 4) is 6.07 Å². The molecule has 0 aromatic rings. The zero-order valence-electron chi connectivity index (χ0n) is 13.0. The van der Waals surface area contributed by atoms with E-state index in [1.165, 1.54) is 6.92 Å². The predicted molar refractivity (Wildman–Crippen MR) is 74.1 cm³/mol. The van der Waals surface area contributed by atoms with Crippen molar-refractivity contribution in [1.82, 2.24) is 9.96 Å². The van der Waals surface area contributed by atoms with Crippen molar-refractivity contribution in [1.29, 1.82) is 5.26 Å². The second-order valence-electron chi connectivity index (χ2n) is 6.26. The number of amides is 1. The van der Waals surface area contributed by atoms with Gasteiger partial charge in [-0.25, -0.2) is 5.06 Å². The molecule has 0 unspecified atom stereocenters. The molecular weight excluding hydrogens is 274 g/mol. The van der Waals surface area contributed by atoms with Crippen LogP contribution in [-0.2, 0) is 14.3 Å². The maximum Gasteiger partial charge on any atom is 0.320 e. The zero-order valence-corrected chi connectivity index (χ0v) is 13.0. The summed E-state index contributed by atoms with van der Waals surface area (Å²) in [5.74, 6) is -0.872. The van der Waals surface area contributed by atoms with E-state index in [9.17, 15) is 14.8 Å². The van der Waals surface area contributed by atoms with Crippen LogP contribution in [0.3, 0.4) is 0 Å². The van der Waals surface area contributed by atoms with Crippen LogP contribution in [0.4, 0.5) is 0 Å². The molecule has 1 saturated heterocycles. The smallest absolute Gasteiger partial charge is 0.320 e. The fourth-order valence-corrected chi connectivity index (χ4v) is 2.34. The van der Waals surface area contributed by atoms with E-state index in [4.69, 9.17) is 10.00 Å². The molecular formula is C14H23N3O4. The zero-order chi connectivity index (χ0) is 16.2. The van der Waals surface area contributed by atoms with E-state index in [0.29, 0.717) is 17.9 Å². The SMILES string of the molecule is CC(=O)N(O)[C@@H]1CC[C@@H](C#N)N(CC(=O)OC(C)(C)C)C1. The van der Waals surface area contributed by atoms with Crippen LogP contribution < -0.4 is 0 Å². The third-order valence-electron chi connectivity index (χ3n) is 3.23. The number of carbonyl (C=O) groups is 2. The molecule has 0 spiro atoms. The third kappa shape index (κ3) is 5.33. The van der Waals surface area contributed by atoms with Crippen LogP contribution >= 0.6 is 0 Å². The number of piperidine rings is 1. The molecule has 0 saturated carbocycles. The lowest BCUT2D eigenvalue weighted by Gasteiger charge is -2.38. The average molecular weight is 297 g/mol. The summed E-state index contributed by atoms with van der Waals surface area (Å²) in [5, 5.41) is 19.5. The lowest BCUT2D eigenvalue weighted by atomic mass is 9.98. The van der Waals surface area contributed by atoms with Crippen molar-refractivity contribution in [2.24, 2.45) is 0 Å². The molecule has 0 radical (unpaired) electrons. The molecule has 1 heterocycles. The second-order valence-corrected chi connectivity index (χ2v) is 6.26. The largest absolute Gasteiger partial charge is 0.459 e. The Morgan fingerprint density at radius 3 is 2.52 bits per heavy atom. The number of nitriles is 1. The predicted octanol–water partition coefficient (Wildman–Crippen LogP) is 0.922. The van der Waals surface area contributed by atoms with Gasteiger partial charge in [0.05, 0.1) is 24.7 Å². The molecule has 7 nitrogen and oxygen atoms in total. The number of nitrogens with zero attached hydrogens (tertiary/aromatic N) is 3. The summed E-state index contributed by atoms with van der Waals surface area (Å²) in [6.07, 6.45) is 1.02. The number of ether oxygens (including phenoxy) is 1. The van der Waals surface area contributed by atoms with Crippen molar-refractivity contribution in [3.05, 3.63) is 0 Å². The minimum absolute atomic E-state index is 0.0300. The number of hydroxylamine groups is 2. The van der Waals surface area contributed by atoms with Crippen LogP contribution in [0.25, 0.3) is 0 Å². The van der Waals surface area contributed by atoms with Crippen molar-refractivity contribution >= 4 is 11.9 Å². The third-order valence-corrected chi connectivity index (χ3v) is 3.23. The van der Waals surface area contributed by atoms with Gasteiger partial charge in [-0.2, -0.15) is 5.26 Å². The first-order valence-corrected chi connectivity index (χ1v) is 6.98. The molecule has 0 aromatic carbocycles. The van der Waals surface area contributed by atoms with E-state index in [1.54, 1.807) is 25.7 Å². The molecule has 21 heavy (non-hydrogen) atoms. The summed E-state index contributed by atoms with van der Waals surface area (Å²) in [6.45, 7) is 6.84. The van der Waals surface area contributed by atoms with Gasteiger partial charge in [-0.3, -0.25) is 19.7 Å². The van der Waals surface area contributed by atoms with Crippen molar-refractivity contribution in [2.75, 3.05) is 13.1 Å². The quantitative estimate of drug-likeness (QED) is 0.473. The molecule has 1 rings (SSSR count). The van der Waals surface area contributed by atoms with Crippen molar-refractivity contribution in [3.63, 3.8) is 0 Å². The Morgan fingerprint density at radius 2 is 2.05 bits per heavy atom. The van der Waals surface area contributed by atoms with Gasteiger partial charge >= 0.3 is 5.97 Å². The molecule has 0 bridgehead atoms. The van der Waals surface area contributed by atoms with Crippen LogP contribution in [0.2, 0.25) is 0 Å². The van der Waals surface area contributed by atoms with Crippen LogP contribution in [0.5, 0.6) is 0 Å². The maximum atomic E-state index is 11.9. The van der Waals surface area contributed by atoms with Gasteiger partial charge in [0.2, 0.25) is 5.91 Å². The lowest BCUT2D eigenvalue weighted by molar-refractivity contribution is -0.179. The standard InChI is InChI=1S/C14H23N3O4/c1-10(18)17(20)12-6-5-11(7-15)16(8-12)9-13(19)21-14(2,3)4/h11-12,20H,5-6,8-9H2,1-4H3/t11-,12+/m0/s1. The monoisotopic (exact) mass is 297 g/mol. The second kappa shape index (κ2) is 6.87. The van der Waals surface area contributed by atoms with Crippen molar-refractivity contribution in [2.45, 2.75) is 58.2 Å². The Balaban J connectivity index is 2.69. The molecule has 1 amide bonds. The summed E-state index contributed by atoms with van der Waals surface area (Å²) in [4.78, 5) is 24.7. The Hall–Kier alpha value is -1.65. The van der Waals surface area contributed by atoms with Crippen molar-refractivity contribution < 1.29 is 19.5 Å². The average Bonchev–Trinajstić information content (AvgIpc) is 2.35. The van der Waals surface area contributed by atoms with Crippen LogP contribution in [0.1, 0.15) is 40.5 Å². The van der Waals surface area contributed by atoms with Gasteiger partial charge < -0.3 is 4.74 Å². The van der Waals surface area contributed by atoms with Crippen LogP contribution in [0.15, 0.2) is 0 Å². The van der Waals surface area contributed by atoms with E-state index >= 15 is 0 Å². The topological polar surface area (TPSA) is 93.9 Å². The van der Waals surface area contributed by atoms with E-state index in [0.717, 1.165) is 0 Å². The first-order valence-electron chi connectivity index (χ1n) is 6.98. The highest BCUT2D eigenvalue weighted by molar-refractivity contribution is 5.73. The Labute approximate surface area is 125 Å². The van der Waals surface area contributed by atoms with E-state index < -0.39 is 29.6 Å². The fourth-order valence-electron chi connectivity index (χ4n) is 2.34. The van der Waals surface area contributed by atoms with Gasteiger partial charge in [-0.1, -0.05) is 0 Å². The Kier molecular flexibility index (Phi) is 5.70. The summed E-state index contributed by atoms with van der Waals surface area (Å²) in [7, 11) is 0. The number of carbonyl (C=O) groups excluding carboxylic acids is 2. The fraction of sp³-hybridized carbons (Fsp3) is 0.786. The maximum absolute atomic E-state index is 11.9. The molecule has 1 aliphatic rings. The van der Waals surface area contributed by atoms with Crippen LogP contribution in [-0.4, -0.2) is 57.8 Å². The molecule has 2 atom stereocenters. The highest BCUT2D eigenvalue weighted by Crippen LogP contribution is 2.20. The molecule has 0 aromatic heterocycles. The normalized spacial score (nSPS) is 23.2. The first kappa shape index (κ1) is 17.4. The minimum atomic E-state index is -0.586. The number of hydrogen-bond acceptors (Lipinski definition) is 6. The molecule has 1 N–H and O–H groups in total. The van der Waals surface area contributed by atoms with Gasteiger partial charge in [0.1, 0.15) is 5.60 Å². The summed E-state index contributed by atoms with van der Waals surface area (Å²) in [5.41, 5.74) is -0.586. The van der Waals surface area contributed by atoms with Crippen LogP contribution in [0, 0.1) is 11.3 Å². The van der Waals surface area contributed by atoms with Gasteiger partial charge in [0, 0.05) is 13.5 Å². The van der Waals surface area contributed by atoms with E-state index in [1.807, 2.05) is 0 Å². The minimum Gasteiger partial charge on any atom is -0.459 e. The number of likely N-dealkylation sites (tertiary alicyclic amines) is 1. The highest BCUT2D eigenvalue weighted by atomic mass is 16.6. The number of hydrogen-bond donors (Lipinski definition) is 1. The lowest BCUT2D eigenvalue weighted by Crippen LogP contribution is -2.53. The summed E-state index contributed by atoms with van der Waals surface area (Å²) < 4.78 is 5.24. The van der Waals surface area contributed by atoms with Gasteiger partial charge in [0.25, 0.3) is 0 Å². The van der Waals surface area contributed by atoms with E-state index in [2.05, 4.69) is 6.07 Å². The first-order chi connectivity index (χ1) is 9.64. The summed E-state index contributed by atoms with van der Waals surface area (Å²) in [6, 6.07) is 1.33. The molecule has 7 heteroatoms. The van der Waals surface area contributed by atoms with E-state index in [-0.39, 0.29) is 13.1 Å². The molecule has 1 fully saturated rings. The van der Waals surface area contributed by atoms with Gasteiger partial charge in [0.15, 0.2) is 0 Å². The molecule has 1 aliphatic heterocycles. The molecule has 0 aliphatic carbocycles.